The molecular weight excluding hydrogens is 374 g/mol. The molecule has 0 atom stereocenters. The maximum Gasteiger partial charge on any atom is 0.266 e. The molecule has 0 fully saturated rings. The first-order valence-corrected chi connectivity index (χ1v) is 9.36. The molecule has 0 bridgehead atoms. The average molecular weight is 396 g/mol. The summed E-state index contributed by atoms with van der Waals surface area (Å²) in [5, 5.41) is 4.17. The molecule has 140 valence electrons. The van der Waals surface area contributed by atoms with E-state index in [4.69, 9.17) is 16.3 Å². The molecule has 0 saturated carbocycles. The van der Waals surface area contributed by atoms with Crippen LogP contribution in [0.15, 0.2) is 24.3 Å². The summed E-state index contributed by atoms with van der Waals surface area (Å²) >= 11 is 7.22. The Labute approximate surface area is 162 Å². The van der Waals surface area contributed by atoms with Crippen molar-refractivity contribution in [3.05, 3.63) is 39.9 Å². The number of aromatic nitrogens is 1. The smallest absolute Gasteiger partial charge is 0.266 e. The highest BCUT2D eigenvalue weighted by molar-refractivity contribution is 7.17. The fourth-order valence-corrected chi connectivity index (χ4v) is 3.46. The molecule has 6 nitrogen and oxygen atoms in total. The number of methoxy groups -OCH3 is 1. The lowest BCUT2D eigenvalue weighted by molar-refractivity contribution is -0.121. The number of hydrogen-bond acceptors (Lipinski definition) is 5. The Bertz CT molecular complexity index is 762. The number of benzene rings is 1. The van der Waals surface area contributed by atoms with Crippen LogP contribution in [0.4, 0.5) is 0 Å². The molecule has 1 aromatic carbocycles. The third-order valence-electron chi connectivity index (χ3n) is 3.66. The Morgan fingerprint density at radius 1 is 1.31 bits per heavy atom. The third kappa shape index (κ3) is 5.52. The second-order valence-electron chi connectivity index (χ2n) is 5.80. The summed E-state index contributed by atoms with van der Waals surface area (Å²) in [5.74, 6) is -0.413. The Morgan fingerprint density at radius 3 is 2.65 bits per heavy atom. The first-order valence-electron chi connectivity index (χ1n) is 8.17. The van der Waals surface area contributed by atoms with Crippen molar-refractivity contribution >= 4 is 34.8 Å². The Kier molecular flexibility index (Phi) is 7.56. The third-order valence-corrected chi connectivity index (χ3v) is 5.10. The number of halogens is 1. The summed E-state index contributed by atoms with van der Waals surface area (Å²) in [6.45, 7) is 2.90. The molecule has 0 aliphatic heterocycles. The maximum absolute atomic E-state index is 12.7. The van der Waals surface area contributed by atoms with Gasteiger partial charge in [-0.1, -0.05) is 23.7 Å². The molecule has 2 aromatic rings. The van der Waals surface area contributed by atoms with E-state index in [-0.39, 0.29) is 18.4 Å². The van der Waals surface area contributed by atoms with Crippen LogP contribution in [-0.2, 0) is 9.53 Å². The van der Waals surface area contributed by atoms with Gasteiger partial charge in [-0.3, -0.25) is 9.59 Å². The lowest BCUT2D eigenvalue weighted by atomic mass is 10.2. The normalized spacial score (nSPS) is 10.6. The predicted molar refractivity (Wildman–Crippen MR) is 104 cm³/mol. The summed E-state index contributed by atoms with van der Waals surface area (Å²) in [4.78, 5) is 31.0. The highest BCUT2D eigenvalue weighted by Gasteiger charge is 2.21. The molecule has 0 aliphatic carbocycles. The highest BCUT2D eigenvalue weighted by atomic mass is 35.5. The van der Waals surface area contributed by atoms with E-state index in [0.29, 0.717) is 28.7 Å². The molecule has 1 aromatic heterocycles. The zero-order valence-corrected chi connectivity index (χ0v) is 16.6. The van der Waals surface area contributed by atoms with Gasteiger partial charge in [0.15, 0.2) is 0 Å². The number of nitrogens with zero attached hydrogens (tertiary/aromatic N) is 2. The van der Waals surface area contributed by atoms with Crippen molar-refractivity contribution in [1.29, 1.82) is 0 Å². The minimum Gasteiger partial charge on any atom is -0.385 e. The van der Waals surface area contributed by atoms with Crippen LogP contribution in [0.3, 0.4) is 0 Å². The van der Waals surface area contributed by atoms with E-state index < -0.39 is 0 Å². The number of thiazole rings is 1. The molecule has 0 spiro atoms. The molecule has 0 unspecified atom stereocenters. The second-order valence-corrected chi connectivity index (χ2v) is 7.23. The molecule has 0 radical (unpaired) electrons. The fraction of sp³-hybridized carbons (Fsp3) is 0.389. The monoisotopic (exact) mass is 395 g/mol. The largest absolute Gasteiger partial charge is 0.385 e. The number of nitrogens with one attached hydrogen (secondary N) is 1. The van der Waals surface area contributed by atoms with E-state index in [2.05, 4.69) is 10.3 Å². The van der Waals surface area contributed by atoms with Gasteiger partial charge in [0.1, 0.15) is 9.88 Å². The van der Waals surface area contributed by atoms with Gasteiger partial charge in [-0.25, -0.2) is 4.98 Å². The quantitative estimate of drug-likeness (QED) is 0.697. The lowest BCUT2D eigenvalue weighted by Gasteiger charge is -2.16. The van der Waals surface area contributed by atoms with Crippen molar-refractivity contribution < 1.29 is 14.3 Å². The van der Waals surface area contributed by atoms with Gasteiger partial charge in [-0.05, 0) is 25.5 Å². The molecule has 2 amide bonds. The Hall–Kier alpha value is -1.96. The molecule has 1 heterocycles. The minimum absolute atomic E-state index is 0.000562. The number of amides is 2. The van der Waals surface area contributed by atoms with Gasteiger partial charge < -0.3 is 15.0 Å². The average Bonchev–Trinajstić information content (AvgIpc) is 3.00. The molecule has 0 saturated heterocycles. The minimum atomic E-state index is -0.216. The summed E-state index contributed by atoms with van der Waals surface area (Å²) in [5.41, 5.74) is 1.55. The second kappa shape index (κ2) is 9.66. The number of aryl methyl sites for hydroxylation is 1. The van der Waals surface area contributed by atoms with Crippen LogP contribution in [0, 0.1) is 6.92 Å². The van der Waals surface area contributed by atoms with E-state index in [9.17, 15) is 9.59 Å². The topological polar surface area (TPSA) is 71.5 Å². The first kappa shape index (κ1) is 20.4. The molecule has 8 heteroatoms. The van der Waals surface area contributed by atoms with Crippen LogP contribution >= 0.6 is 22.9 Å². The van der Waals surface area contributed by atoms with E-state index in [1.54, 1.807) is 33.2 Å². The molecule has 1 N–H and O–H groups in total. The van der Waals surface area contributed by atoms with Crippen LogP contribution in [-0.4, -0.2) is 55.6 Å². The lowest BCUT2D eigenvalue weighted by Crippen LogP contribution is -2.38. The Morgan fingerprint density at radius 2 is 2.00 bits per heavy atom. The van der Waals surface area contributed by atoms with Crippen molar-refractivity contribution in [2.24, 2.45) is 0 Å². The van der Waals surface area contributed by atoms with Gasteiger partial charge in [-0.15, -0.1) is 11.3 Å². The van der Waals surface area contributed by atoms with Crippen LogP contribution in [0.5, 0.6) is 0 Å². The molecule has 2 rings (SSSR count). The van der Waals surface area contributed by atoms with Gasteiger partial charge in [0, 0.05) is 37.9 Å². The summed E-state index contributed by atoms with van der Waals surface area (Å²) in [6, 6.07) is 7.31. The summed E-state index contributed by atoms with van der Waals surface area (Å²) in [7, 11) is 3.22. The Balaban J connectivity index is 2.00. The maximum atomic E-state index is 12.7. The van der Waals surface area contributed by atoms with Gasteiger partial charge in [0.2, 0.25) is 5.91 Å². The van der Waals surface area contributed by atoms with Gasteiger partial charge in [-0.2, -0.15) is 0 Å². The fourth-order valence-electron chi connectivity index (χ4n) is 2.27. The number of carbonyl (C=O) groups is 2. The van der Waals surface area contributed by atoms with E-state index in [1.165, 1.54) is 16.2 Å². The van der Waals surface area contributed by atoms with E-state index in [1.807, 2.05) is 12.1 Å². The van der Waals surface area contributed by atoms with Crippen LogP contribution in [0.25, 0.3) is 10.6 Å². The van der Waals surface area contributed by atoms with Crippen molar-refractivity contribution in [2.45, 2.75) is 13.3 Å². The zero-order chi connectivity index (χ0) is 19.1. The number of hydrogen-bond donors (Lipinski definition) is 1. The van der Waals surface area contributed by atoms with Gasteiger partial charge >= 0.3 is 0 Å². The van der Waals surface area contributed by atoms with Crippen molar-refractivity contribution in [3.8, 4) is 10.6 Å². The standard InChI is InChI=1S/C18H22ClN3O3S/c1-12-16(26-17(21-12)13-5-7-14(19)8-6-13)18(24)22(2)11-15(23)20-9-4-10-25-3/h5-8H,4,9-11H2,1-3H3,(H,20,23). The summed E-state index contributed by atoms with van der Waals surface area (Å²) in [6.07, 6.45) is 0.734. The highest BCUT2D eigenvalue weighted by Crippen LogP contribution is 2.29. The number of carbonyl (C=O) groups excluding carboxylic acids is 2. The van der Waals surface area contributed by atoms with Crippen molar-refractivity contribution in [3.63, 3.8) is 0 Å². The van der Waals surface area contributed by atoms with Crippen LogP contribution in [0.1, 0.15) is 21.8 Å². The number of rotatable bonds is 8. The van der Waals surface area contributed by atoms with Crippen molar-refractivity contribution in [1.82, 2.24) is 15.2 Å². The van der Waals surface area contributed by atoms with E-state index >= 15 is 0 Å². The van der Waals surface area contributed by atoms with Crippen molar-refractivity contribution in [2.75, 3.05) is 33.9 Å². The van der Waals surface area contributed by atoms with E-state index in [0.717, 1.165) is 17.0 Å². The van der Waals surface area contributed by atoms with Gasteiger partial charge in [0.25, 0.3) is 5.91 Å². The SMILES string of the molecule is COCCCNC(=O)CN(C)C(=O)c1sc(-c2ccc(Cl)cc2)nc1C. The van der Waals surface area contributed by atoms with Gasteiger partial charge in [0.05, 0.1) is 12.2 Å². The predicted octanol–water partition coefficient (Wildman–Crippen LogP) is 3.00. The molecule has 0 aliphatic rings. The van der Waals surface area contributed by atoms with Crippen LogP contribution < -0.4 is 5.32 Å². The summed E-state index contributed by atoms with van der Waals surface area (Å²) < 4.78 is 4.93. The molecular formula is C18H22ClN3O3S. The number of likely N-dealkylation sites (N-methyl/N-ethyl adjacent to an activating group) is 1. The molecule has 26 heavy (non-hydrogen) atoms. The first-order chi connectivity index (χ1) is 12.4. The number of ether oxygens (including phenoxy) is 1. The van der Waals surface area contributed by atoms with Crippen LogP contribution in [0.2, 0.25) is 5.02 Å². The zero-order valence-electron chi connectivity index (χ0n) is 15.0.